The summed E-state index contributed by atoms with van der Waals surface area (Å²) in [6, 6.07) is 9.12. The molecule has 112 valence electrons. The molecule has 1 saturated carbocycles. The Balaban J connectivity index is 1.99. The number of amidine groups is 1. The topological polar surface area (TPSA) is 38.4 Å². The quantitative estimate of drug-likeness (QED) is 0.622. The van der Waals surface area contributed by atoms with Crippen LogP contribution in [0.2, 0.25) is 0 Å². The van der Waals surface area contributed by atoms with Crippen LogP contribution in [0.4, 0.5) is 0 Å². The Morgan fingerprint density at radius 2 is 1.90 bits per heavy atom. The van der Waals surface area contributed by atoms with Crippen LogP contribution >= 0.6 is 0 Å². The highest BCUT2D eigenvalue weighted by Gasteiger charge is 2.40. The monoisotopic (exact) mass is 282 g/mol. The highest BCUT2D eigenvalue weighted by atomic mass is 14.9. The second kappa shape index (κ2) is 5.67. The molecular formula is C19H26N2. The summed E-state index contributed by atoms with van der Waals surface area (Å²) in [7, 11) is 0. The number of nitrogens with zero attached hydrogens (tertiary/aromatic N) is 1. The fourth-order valence-electron chi connectivity index (χ4n) is 4.13. The van der Waals surface area contributed by atoms with Crippen molar-refractivity contribution in [3.8, 4) is 0 Å². The van der Waals surface area contributed by atoms with Crippen molar-refractivity contribution in [1.29, 1.82) is 0 Å². The molecule has 0 radical (unpaired) electrons. The third kappa shape index (κ3) is 2.64. The maximum atomic E-state index is 6.02. The van der Waals surface area contributed by atoms with Crippen molar-refractivity contribution in [2.24, 2.45) is 10.7 Å². The summed E-state index contributed by atoms with van der Waals surface area (Å²) in [6.07, 6.45) is 9.19. The van der Waals surface area contributed by atoms with Crippen LogP contribution in [0.25, 0.3) is 0 Å². The van der Waals surface area contributed by atoms with Crippen molar-refractivity contribution >= 4 is 5.84 Å². The van der Waals surface area contributed by atoms with Gasteiger partial charge in [0.1, 0.15) is 5.84 Å². The van der Waals surface area contributed by atoms with Gasteiger partial charge in [-0.05, 0) is 54.7 Å². The molecule has 1 atom stereocenters. The van der Waals surface area contributed by atoms with Gasteiger partial charge >= 0.3 is 0 Å². The van der Waals surface area contributed by atoms with Crippen LogP contribution in [0.3, 0.4) is 0 Å². The lowest BCUT2D eigenvalue weighted by molar-refractivity contribution is 0.245. The smallest absolute Gasteiger partial charge is 0.121 e. The lowest BCUT2D eigenvalue weighted by Crippen LogP contribution is -2.34. The van der Waals surface area contributed by atoms with Crippen LogP contribution < -0.4 is 5.73 Å². The number of aliphatic imine (C=N–C) groups is 1. The number of rotatable bonds is 2. The Bertz CT molecular complexity index is 565. The zero-order valence-corrected chi connectivity index (χ0v) is 13.1. The van der Waals surface area contributed by atoms with Gasteiger partial charge in [-0.15, -0.1) is 0 Å². The van der Waals surface area contributed by atoms with Crippen molar-refractivity contribution < 1.29 is 0 Å². The molecule has 2 aliphatic rings. The van der Waals surface area contributed by atoms with Gasteiger partial charge in [0, 0.05) is 0 Å². The molecule has 1 unspecified atom stereocenters. The first-order valence-electron chi connectivity index (χ1n) is 8.21. The molecule has 2 nitrogen and oxygen atoms in total. The van der Waals surface area contributed by atoms with Gasteiger partial charge < -0.3 is 5.73 Å². The molecular weight excluding hydrogens is 256 g/mol. The molecule has 0 saturated heterocycles. The lowest BCUT2D eigenvalue weighted by atomic mass is 9.61. The third-order valence-corrected chi connectivity index (χ3v) is 5.33. The van der Waals surface area contributed by atoms with Crippen molar-refractivity contribution in [3.05, 3.63) is 47.5 Å². The molecule has 2 aliphatic carbocycles. The minimum absolute atomic E-state index is 0.213. The minimum Gasteiger partial charge on any atom is -0.384 e. The molecule has 21 heavy (non-hydrogen) atoms. The van der Waals surface area contributed by atoms with E-state index in [4.69, 9.17) is 10.7 Å². The Kier molecular flexibility index (Phi) is 3.88. The summed E-state index contributed by atoms with van der Waals surface area (Å²) < 4.78 is 0. The van der Waals surface area contributed by atoms with Crippen molar-refractivity contribution in [2.75, 3.05) is 0 Å². The van der Waals surface area contributed by atoms with E-state index < -0.39 is 0 Å². The van der Waals surface area contributed by atoms with Gasteiger partial charge in [0.15, 0.2) is 0 Å². The molecule has 1 aromatic rings. The van der Waals surface area contributed by atoms with Crippen molar-refractivity contribution in [2.45, 2.75) is 63.3 Å². The second-order valence-corrected chi connectivity index (χ2v) is 6.78. The maximum Gasteiger partial charge on any atom is 0.121 e. The van der Waals surface area contributed by atoms with E-state index in [9.17, 15) is 0 Å². The predicted octanol–water partition coefficient (Wildman–Crippen LogP) is 4.66. The van der Waals surface area contributed by atoms with Gasteiger partial charge in [-0.1, -0.05) is 50.1 Å². The van der Waals surface area contributed by atoms with Crippen molar-refractivity contribution in [3.63, 3.8) is 0 Å². The molecule has 1 spiro atoms. The molecule has 0 aromatic heterocycles. The summed E-state index contributed by atoms with van der Waals surface area (Å²) in [6.45, 7) is 5.83. The lowest BCUT2D eigenvalue weighted by Gasteiger charge is -2.44. The Morgan fingerprint density at radius 1 is 1.19 bits per heavy atom. The average molecular weight is 282 g/mol. The van der Waals surface area contributed by atoms with Crippen molar-refractivity contribution in [1.82, 2.24) is 0 Å². The molecule has 2 heteroatoms. The average Bonchev–Trinajstić information content (AvgIpc) is 2.51. The van der Waals surface area contributed by atoms with Crippen LogP contribution in [0.5, 0.6) is 0 Å². The molecule has 1 aromatic carbocycles. The van der Waals surface area contributed by atoms with E-state index in [1.54, 1.807) is 5.56 Å². The zero-order valence-electron chi connectivity index (χ0n) is 13.1. The summed E-state index contributed by atoms with van der Waals surface area (Å²) in [5.41, 5.74) is 10.2. The molecule has 3 rings (SSSR count). The van der Waals surface area contributed by atoms with Gasteiger partial charge in [0.2, 0.25) is 0 Å². The standard InChI is InChI=1S/C19H26N2/c1-14(2)18(20)21-17-10-13-19(11-6-3-7-12-19)16-9-5-4-8-15(16)17/h4-5,8-9,17H,1,3,6-7,10-13H2,2H3,(H2,20,21). The first-order valence-corrected chi connectivity index (χ1v) is 8.21. The Morgan fingerprint density at radius 3 is 2.62 bits per heavy atom. The molecule has 2 N–H and O–H groups in total. The SMILES string of the molecule is C=C(C)C(N)=NC1CCC2(CCCCC2)c2ccccc21. The van der Waals surface area contributed by atoms with E-state index in [-0.39, 0.29) is 6.04 Å². The van der Waals surface area contributed by atoms with Crippen LogP contribution in [0.1, 0.15) is 69.0 Å². The van der Waals surface area contributed by atoms with Gasteiger partial charge in [0.05, 0.1) is 6.04 Å². The summed E-state index contributed by atoms with van der Waals surface area (Å²) in [5.74, 6) is 0.606. The first kappa shape index (κ1) is 14.4. The molecule has 0 aliphatic heterocycles. The Hall–Kier alpha value is -1.57. The van der Waals surface area contributed by atoms with Crippen LogP contribution in [-0.2, 0) is 5.41 Å². The van der Waals surface area contributed by atoms with Gasteiger partial charge in [-0.2, -0.15) is 0 Å². The molecule has 0 amide bonds. The number of benzene rings is 1. The van der Waals surface area contributed by atoms with Gasteiger partial charge in [0.25, 0.3) is 0 Å². The van der Waals surface area contributed by atoms with E-state index in [2.05, 4.69) is 30.8 Å². The highest BCUT2D eigenvalue weighted by molar-refractivity contribution is 5.95. The third-order valence-electron chi connectivity index (χ3n) is 5.33. The minimum atomic E-state index is 0.213. The molecule has 0 bridgehead atoms. The van der Waals surface area contributed by atoms with E-state index in [0.717, 1.165) is 12.0 Å². The zero-order chi connectivity index (χ0) is 14.9. The number of hydrogen-bond acceptors (Lipinski definition) is 1. The van der Waals surface area contributed by atoms with Crippen LogP contribution in [0.15, 0.2) is 41.4 Å². The maximum absolute atomic E-state index is 6.02. The molecule has 1 fully saturated rings. The Labute approximate surface area is 128 Å². The van der Waals surface area contributed by atoms with Gasteiger partial charge in [-0.25, -0.2) is 0 Å². The van der Waals surface area contributed by atoms with Crippen LogP contribution in [0, 0.1) is 0 Å². The predicted molar refractivity (Wildman–Crippen MR) is 89.6 cm³/mol. The normalized spacial score (nSPS) is 24.6. The fourth-order valence-corrected chi connectivity index (χ4v) is 4.13. The molecule has 0 heterocycles. The summed E-state index contributed by atoms with van der Waals surface area (Å²) in [5, 5.41) is 0. The van der Waals surface area contributed by atoms with E-state index >= 15 is 0 Å². The fraction of sp³-hybridized carbons (Fsp3) is 0.526. The largest absolute Gasteiger partial charge is 0.384 e. The first-order chi connectivity index (χ1) is 10.1. The highest BCUT2D eigenvalue weighted by Crippen LogP contribution is 2.50. The van der Waals surface area contributed by atoms with E-state index in [1.807, 2.05) is 6.92 Å². The number of nitrogens with two attached hydrogens (primary N) is 1. The number of hydrogen-bond donors (Lipinski definition) is 1. The van der Waals surface area contributed by atoms with E-state index in [0.29, 0.717) is 11.3 Å². The van der Waals surface area contributed by atoms with E-state index in [1.165, 1.54) is 44.1 Å². The second-order valence-electron chi connectivity index (χ2n) is 6.78. The van der Waals surface area contributed by atoms with Crippen LogP contribution in [-0.4, -0.2) is 5.84 Å². The number of fused-ring (bicyclic) bond motifs is 2. The summed E-state index contributed by atoms with van der Waals surface area (Å²) >= 11 is 0. The summed E-state index contributed by atoms with van der Waals surface area (Å²) in [4.78, 5) is 4.75. The van der Waals surface area contributed by atoms with Gasteiger partial charge in [-0.3, -0.25) is 4.99 Å².